The van der Waals surface area contributed by atoms with E-state index in [2.05, 4.69) is 24.1 Å². The first-order valence-electron chi connectivity index (χ1n) is 14.3. The first kappa shape index (κ1) is 30.6. The van der Waals surface area contributed by atoms with Crippen LogP contribution >= 0.6 is 0 Å². The molecule has 1 rings (SSSR count). The molecular formula is C29H54N3O2+. The SMILES string of the molecule is CCCCCCCCCCCCCCCCCC/C=C/CCC1=NC=C[N+]1(CCN)CC(=O)O. The van der Waals surface area contributed by atoms with Gasteiger partial charge in [0.05, 0.1) is 6.20 Å². The second-order valence-corrected chi connectivity index (χ2v) is 10.0. The van der Waals surface area contributed by atoms with Crippen molar-refractivity contribution in [3.05, 3.63) is 24.6 Å². The Morgan fingerprint density at radius 3 is 1.85 bits per heavy atom. The van der Waals surface area contributed by atoms with Gasteiger partial charge in [-0.2, -0.15) is 0 Å². The van der Waals surface area contributed by atoms with E-state index in [1.807, 2.05) is 6.20 Å². The molecule has 196 valence electrons. The van der Waals surface area contributed by atoms with Crippen molar-refractivity contribution >= 4 is 11.8 Å². The van der Waals surface area contributed by atoms with Crippen LogP contribution in [0.25, 0.3) is 0 Å². The highest BCUT2D eigenvalue weighted by atomic mass is 16.4. The van der Waals surface area contributed by atoms with E-state index < -0.39 is 5.97 Å². The van der Waals surface area contributed by atoms with Crippen LogP contribution < -0.4 is 5.73 Å². The summed E-state index contributed by atoms with van der Waals surface area (Å²) in [7, 11) is 0. The van der Waals surface area contributed by atoms with Crippen molar-refractivity contribution in [3.8, 4) is 0 Å². The number of quaternary nitrogens is 1. The molecule has 3 N–H and O–H groups in total. The van der Waals surface area contributed by atoms with Crippen LogP contribution in [0.1, 0.15) is 129 Å². The number of hydrogen-bond acceptors (Lipinski definition) is 3. The lowest BCUT2D eigenvalue weighted by Crippen LogP contribution is -2.52. The summed E-state index contributed by atoms with van der Waals surface area (Å²) >= 11 is 0. The van der Waals surface area contributed by atoms with Crippen LogP contribution in [0.3, 0.4) is 0 Å². The Kier molecular flexibility index (Phi) is 18.8. The van der Waals surface area contributed by atoms with E-state index in [4.69, 9.17) is 5.73 Å². The molecule has 0 fully saturated rings. The lowest BCUT2D eigenvalue weighted by atomic mass is 10.0. The van der Waals surface area contributed by atoms with E-state index in [9.17, 15) is 9.90 Å². The van der Waals surface area contributed by atoms with Crippen molar-refractivity contribution < 1.29 is 14.4 Å². The van der Waals surface area contributed by atoms with Crippen molar-refractivity contribution in [2.24, 2.45) is 10.7 Å². The number of rotatable bonds is 24. The zero-order valence-electron chi connectivity index (χ0n) is 22.2. The van der Waals surface area contributed by atoms with Gasteiger partial charge < -0.3 is 10.8 Å². The number of aliphatic carboxylic acids is 1. The highest BCUT2D eigenvalue weighted by molar-refractivity contribution is 5.81. The van der Waals surface area contributed by atoms with Gasteiger partial charge in [-0.25, -0.2) is 14.3 Å². The minimum Gasteiger partial charge on any atom is -0.477 e. The zero-order valence-corrected chi connectivity index (χ0v) is 22.2. The minimum atomic E-state index is -0.813. The van der Waals surface area contributed by atoms with E-state index in [1.165, 1.54) is 103 Å². The summed E-state index contributed by atoms with van der Waals surface area (Å²) in [6, 6.07) is 0. The largest absolute Gasteiger partial charge is 0.477 e. The van der Waals surface area contributed by atoms with Crippen molar-refractivity contribution in [1.82, 2.24) is 0 Å². The Labute approximate surface area is 210 Å². The van der Waals surface area contributed by atoms with Gasteiger partial charge in [-0.3, -0.25) is 0 Å². The fourth-order valence-electron chi connectivity index (χ4n) is 4.89. The molecule has 1 atom stereocenters. The van der Waals surface area contributed by atoms with Crippen molar-refractivity contribution in [2.75, 3.05) is 19.6 Å². The molecule has 0 saturated heterocycles. The molecule has 1 aliphatic rings. The number of carboxylic acids is 1. The molecule has 0 saturated carbocycles. The molecule has 0 amide bonds. The van der Waals surface area contributed by atoms with Gasteiger partial charge in [0, 0.05) is 13.0 Å². The molecule has 0 aromatic rings. The third-order valence-corrected chi connectivity index (χ3v) is 6.96. The number of unbranched alkanes of at least 4 members (excludes halogenated alkanes) is 16. The zero-order chi connectivity index (χ0) is 24.7. The third kappa shape index (κ3) is 14.7. The Bertz CT molecular complexity index is 600. The Hall–Kier alpha value is -1.46. The molecule has 5 heteroatoms. The normalized spacial score (nSPS) is 17.6. The summed E-state index contributed by atoms with van der Waals surface area (Å²) in [6.45, 7) is 3.35. The number of hydrogen-bond donors (Lipinski definition) is 2. The average Bonchev–Trinajstić information content (AvgIpc) is 3.19. The van der Waals surface area contributed by atoms with Crippen LogP contribution in [0, 0.1) is 0 Å². The van der Waals surface area contributed by atoms with E-state index >= 15 is 0 Å². The topological polar surface area (TPSA) is 75.7 Å². The van der Waals surface area contributed by atoms with Gasteiger partial charge in [-0.15, -0.1) is 0 Å². The number of allylic oxidation sites excluding steroid dienone is 2. The monoisotopic (exact) mass is 476 g/mol. The molecule has 0 aromatic carbocycles. The number of carboxylic acid groups (broad SMARTS) is 1. The lowest BCUT2D eigenvalue weighted by Gasteiger charge is -2.30. The first-order chi connectivity index (χ1) is 16.6. The summed E-state index contributed by atoms with van der Waals surface area (Å²) in [6.07, 6.45) is 33.4. The highest BCUT2D eigenvalue weighted by Crippen LogP contribution is 2.20. The number of amidine groups is 1. The molecule has 5 nitrogen and oxygen atoms in total. The summed E-state index contributed by atoms with van der Waals surface area (Å²) in [5.74, 6) is 0.103. The van der Waals surface area contributed by atoms with E-state index in [-0.39, 0.29) is 11.0 Å². The van der Waals surface area contributed by atoms with Gasteiger partial charge in [-0.05, 0) is 19.3 Å². The molecule has 0 bridgehead atoms. The maximum absolute atomic E-state index is 11.3. The maximum Gasteiger partial charge on any atom is 0.360 e. The second-order valence-electron chi connectivity index (χ2n) is 10.0. The van der Waals surface area contributed by atoms with Gasteiger partial charge in [0.15, 0.2) is 6.54 Å². The Morgan fingerprint density at radius 2 is 1.35 bits per heavy atom. The van der Waals surface area contributed by atoms with Crippen molar-refractivity contribution in [2.45, 2.75) is 129 Å². The second kappa shape index (κ2) is 20.9. The number of nitrogens with two attached hydrogens (primary N) is 1. The van der Waals surface area contributed by atoms with E-state index in [0.717, 1.165) is 25.1 Å². The molecule has 1 heterocycles. The van der Waals surface area contributed by atoms with Crippen LogP contribution in [-0.4, -0.2) is 41.0 Å². The highest BCUT2D eigenvalue weighted by Gasteiger charge is 2.36. The first-order valence-corrected chi connectivity index (χ1v) is 14.3. The van der Waals surface area contributed by atoms with Gasteiger partial charge in [-0.1, -0.05) is 115 Å². The number of aliphatic imine (C=N–C) groups is 1. The Balaban J connectivity index is 1.92. The van der Waals surface area contributed by atoms with Crippen LogP contribution in [0.4, 0.5) is 0 Å². The molecule has 0 aliphatic carbocycles. The average molecular weight is 477 g/mol. The predicted octanol–water partition coefficient (Wildman–Crippen LogP) is 7.72. The summed E-state index contributed by atoms with van der Waals surface area (Å²) in [5.41, 5.74) is 5.73. The standard InChI is InChI=1S/C29H53N3O2/c1-2-3-4-5-6-7-8-9-10-11-12-13-14-15-16-17-18-19-20-21-22-28-31-24-26-32(28,25-23-30)27-29(33)34/h19-20,24,26H,2-18,21-23,25,27,30H2,1H3/p+1/b20-19+. The lowest BCUT2D eigenvalue weighted by molar-refractivity contribution is -0.778. The van der Waals surface area contributed by atoms with Crippen LogP contribution in [0.15, 0.2) is 29.5 Å². The third-order valence-electron chi connectivity index (χ3n) is 6.96. The van der Waals surface area contributed by atoms with Crippen LogP contribution in [-0.2, 0) is 4.79 Å². The fraction of sp³-hybridized carbons (Fsp3) is 0.793. The fourth-order valence-corrected chi connectivity index (χ4v) is 4.89. The van der Waals surface area contributed by atoms with Gasteiger partial charge >= 0.3 is 5.97 Å². The summed E-state index contributed by atoms with van der Waals surface area (Å²) in [5, 5.41) is 9.26. The molecular weight excluding hydrogens is 422 g/mol. The van der Waals surface area contributed by atoms with E-state index in [0.29, 0.717) is 13.1 Å². The van der Waals surface area contributed by atoms with E-state index in [1.54, 1.807) is 6.20 Å². The van der Waals surface area contributed by atoms with Crippen molar-refractivity contribution in [3.63, 3.8) is 0 Å². The van der Waals surface area contributed by atoms with Crippen molar-refractivity contribution in [1.29, 1.82) is 0 Å². The molecule has 1 unspecified atom stereocenters. The van der Waals surface area contributed by atoms with Crippen LogP contribution in [0.2, 0.25) is 0 Å². The number of nitrogens with zero attached hydrogens (tertiary/aromatic N) is 2. The van der Waals surface area contributed by atoms with Gasteiger partial charge in [0.25, 0.3) is 0 Å². The molecule has 34 heavy (non-hydrogen) atoms. The van der Waals surface area contributed by atoms with Crippen LogP contribution in [0.5, 0.6) is 0 Å². The molecule has 0 aromatic heterocycles. The van der Waals surface area contributed by atoms with Gasteiger partial charge in [0.1, 0.15) is 12.7 Å². The smallest absolute Gasteiger partial charge is 0.360 e. The molecule has 0 radical (unpaired) electrons. The maximum atomic E-state index is 11.3. The quantitative estimate of drug-likeness (QED) is 0.0850. The summed E-state index contributed by atoms with van der Waals surface area (Å²) in [4.78, 5) is 15.7. The molecule has 1 aliphatic heterocycles. The summed E-state index contributed by atoms with van der Waals surface area (Å²) < 4.78 is 0.277. The van der Waals surface area contributed by atoms with Gasteiger partial charge in [0.2, 0.25) is 5.84 Å². The molecule has 0 spiro atoms. The number of carbonyl (C=O) groups is 1. The predicted molar refractivity (Wildman–Crippen MR) is 146 cm³/mol. The Morgan fingerprint density at radius 1 is 0.853 bits per heavy atom. The minimum absolute atomic E-state index is 0.0233.